The van der Waals surface area contributed by atoms with Crippen molar-refractivity contribution in [1.82, 2.24) is 14.8 Å². The number of para-hydroxylation sites is 1. The molecule has 0 radical (unpaired) electrons. The number of carbonyl (C=O) groups is 2. The number of rotatable bonds is 6. The smallest absolute Gasteiger partial charge is 0.342 e. The van der Waals surface area contributed by atoms with E-state index in [2.05, 4.69) is 26.9 Å². The molecule has 0 amide bonds. The molecule has 57 heavy (non-hydrogen) atoms. The van der Waals surface area contributed by atoms with Crippen LogP contribution in [0.25, 0.3) is 10.9 Å². The summed E-state index contributed by atoms with van der Waals surface area (Å²) in [6.45, 7) is 7.22. The number of likely N-dealkylation sites (N-methyl/N-ethyl adjacent to an activating group) is 1. The number of nitrogens with zero attached hydrogens (tertiary/aromatic N) is 3. The molecule has 2 aromatic carbocycles. The van der Waals surface area contributed by atoms with Gasteiger partial charge in [-0.25, -0.2) is 4.79 Å². The zero-order chi connectivity index (χ0) is 40.4. The molecule has 1 saturated carbocycles. The van der Waals surface area contributed by atoms with Gasteiger partial charge in [-0.1, -0.05) is 44.2 Å². The monoisotopic (exact) mass is 783 g/mol. The predicted molar refractivity (Wildman–Crippen MR) is 215 cm³/mol. The molecule has 306 valence electrons. The van der Waals surface area contributed by atoms with E-state index in [1.165, 1.54) is 14.2 Å². The summed E-state index contributed by atoms with van der Waals surface area (Å²) >= 11 is 0. The molecule has 9 rings (SSSR count). The lowest BCUT2D eigenvalue weighted by molar-refractivity contribution is -0.218. The highest BCUT2D eigenvalue weighted by Gasteiger charge is 2.79. The minimum atomic E-state index is -2.36. The summed E-state index contributed by atoms with van der Waals surface area (Å²) in [5, 5.41) is 38.4. The van der Waals surface area contributed by atoms with Crippen LogP contribution in [0.4, 0.5) is 11.4 Å². The fourth-order valence-corrected chi connectivity index (χ4v) is 13.4. The molecule has 1 aromatic heterocycles. The van der Waals surface area contributed by atoms with Crippen molar-refractivity contribution in [3.8, 4) is 5.75 Å². The van der Waals surface area contributed by atoms with Crippen molar-refractivity contribution >= 4 is 34.2 Å². The van der Waals surface area contributed by atoms with E-state index in [-0.39, 0.29) is 17.6 Å². The van der Waals surface area contributed by atoms with Gasteiger partial charge in [-0.2, -0.15) is 0 Å². The fourth-order valence-electron chi connectivity index (χ4n) is 13.4. The molecule has 2 bridgehead atoms. The number of aliphatic hydroxyl groups is 3. The maximum absolute atomic E-state index is 15.3. The first-order valence-electron chi connectivity index (χ1n) is 20.5. The first-order chi connectivity index (χ1) is 27.3. The second-order valence-corrected chi connectivity index (χ2v) is 17.8. The highest BCUT2D eigenvalue weighted by atomic mass is 16.5. The average Bonchev–Trinajstić information content (AvgIpc) is 3.88. The molecule has 6 aliphatic rings. The maximum Gasteiger partial charge on any atom is 0.342 e. The van der Waals surface area contributed by atoms with E-state index in [4.69, 9.17) is 19.9 Å². The van der Waals surface area contributed by atoms with Gasteiger partial charge in [0, 0.05) is 72.3 Å². The standard InChI is InChI=1S/C44H57N5O8/c1-7-40(53)21-25-22-43(38(51)56-5,34-27(14-18-48(23-25)24-40)26-12-9-10-13-30(26)46-34)29-20-28-32(31(45)33(29)55-4)47(3)36-42(28)16-19-49-17-11-15-41(8-2,35(42)49)37(50)44(36,54)39(52)57-6/h9-13,15,20,25,35-37,46,50,53-54H,7-8,14,16-19,21-24,45H2,1-6H3/t25-,35-,36+,37+,40-,41+,42?,43-,44-/m0/s1. The van der Waals surface area contributed by atoms with E-state index in [0.717, 1.165) is 22.0 Å². The van der Waals surface area contributed by atoms with Crippen LogP contribution < -0.4 is 15.4 Å². The number of H-pyrrole nitrogens is 1. The number of piperidine rings is 1. The number of hydrogen-bond donors (Lipinski definition) is 5. The molecule has 1 spiro atoms. The average molecular weight is 784 g/mol. The predicted octanol–water partition coefficient (Wildman–Crippen LogP) is 3.00. The molecule has 2 saturated heterocycles. The van der Waals surface area contributed by atoms with E-state index in [0.29, 0.717) is 93.9 Å². The molecule has 2 unspecified atom stereocenters. The molecule has 3 fully saturated rings. The minimum absolute atomic E-state index is 0.125. The van der Waals surface area contributed by atoms with Gasteiger partial charge < -0.3 is 45.1 Å². The number of aromatic nitrogens is 1. The summed E-state index contributed by atoms with van der Waals surface area (Å²) in [7, 11) is 6.01. The van der Waals surface area contributed by atoms with Crippen LogP contribution >= 0.6 is 0 Å². The van der Waals surface area contributed by atoms with E-state index >= 15 is 4.79 Å². The first kappa shape index (κ1) is 38.4. The zero-order valence-corrected chi connectivity index (χ0v) is 33.9. The lowest BCUT2D eigenvalue weighted by atomic mass is 9.47. The van der Waals surface area contributed by atoms with Crippen molar-refractivity contribution in [3.05, 3.63) is 64.9 Å². The highest BCUT2D eigenvalue weighted by Crippen LogP contribution is 2.69. The maximum atomic E-state index is 15.3. The Hall–Kier alpha value is -4.14. The van der Waals surface area contributed by atoms with E-state index in [1.54, 1.807) is 7.11 Å². The lowest BCUT2D eigenvalue weighted by Gasteiger charge is -2.63. The Morgan fingerprint density at radius 2 is 1.75 bits per heavy atom. The third-order valence-corrected chi connectivity index (χ3v) is 15.5. The van der Waals surface area contributed by atoms with Crippen LogP contribution in [0, 0.1) is 11.3 Å². The molecule has 3 aromatic rings. The summed E-state index contributed by atoms with van der Waals surface area (Å²) < 4.78 is 17.6. The molecule has 1 aliphatic carbocycles. The summed E-state index contributed by atoms with van der Waals surface area (Å²) in [4.78, 5) is 39.7. The van der Waals surface area contributed by atoms with Gasteiger partial charge in [-0.3, -0.25) is 14.6 Å². The molecule has 13 nitrogen and oxygen atoms in total. The third-order valence-electron chi connectivity index (χ3n) is 15.5. The Morgan fingerprint density at radius 3 is 2.46 bits per heavy atom. The number of fused-ring (bicyclic) bond motifs is 6. The number of hydrogen-bond acceptors (Lipinski definition) is 12. The van der Waals surface area contributed by atoms with Crippen molar-refractivity contribution in [1.29, 1.82) is 0 Å². The summed E-state index contributed by atoms with van der Waals surface area (Å²) in [6, 6.07) is 8.82. The Labute approximate surface area is 333 Å². The van der Waals surface area contributed by atoms with Gasteiger partial charge in [0.05, 0.1) is 44.3 Å². The van der Waals surface area contributed by atoms with E-state index < -0.39 is 51.5 Å². The number of anilines is 2. The van der Waals surface area contributed by atoms with Crippen molar-refractivity contribution in [3.63, 3.8) is 0 Å². The van der Waals surface area contributed by atoms with Gasteiger partial charge in [0.25, 0.3) is 0 Å². The Bertz CT molecular complexity index is 2190. The number of esters is 2. The molecule has 10 atom stereocenters. The quantitative estimate of drug-likeness (QED) is 0.141. The molecule has 6 N–H and O–H groups in total. The number of nitrogens with two attached hydrogens (primary N) is 1. The minimum Gasteiger partial charge on any atom is -0.494 e. The van der Waals surface area contributed by atoms with E-state index in [1.807, 2.05) is 56.1 Å². The van der Waals surface area contributed by atoms with Crippen molar-refractivity contribution < 1.29 is 39.1 Å². The molecule has 5 aliphatic heterocycles. The fraction of sp³-hybridized carbons (Fsp3) is 0.591. The van der Waals surface area contributed by atoms with Crippen LogP contribution in [0.3, 0.4) is 0 Å². The van der Waals surface area contributed by atoms with Crippen molar-refractivity contribution in [2.24, 2.45) is 11.3 Å². The molecular formula is C44H57N5O8. The van der Waals surface area contributed by atoms with E-state index in [9.17, 15) is 20.1 Å². The van der Waals surface area contributed by atoms with Crippen LogP contribution in [0.1, 0.15) is 68.3 Å². The number of carbonyl (C=O) groups excluding carboxylic acids is 2. The molecule has 13 heteroatoms. The lowest BCUT2D eigenvalue weighted by Crippen LogP contribution is -2.80. The largest absolute Gasteiger partial charge is 0.494 e. The summed E-state index contributed by atoms with van der Waals surface area (Å²) in [5.41, 5.74) is 5.39. The van der Waals surface area contributed by atoms with Crippen LogP contribution in [-0.2, 0) is 36.3 Å². The van der Waals surface area contributed by atoms with Gasteiger partial charge in [-0.05, 0) is 74.2 Å². The highest BCUT2D eigenvalue weighted by molar-refractivity contribution is 5.97. The van der Waals surface area contributed by atoms with Gasteiger partial charge in [0.1, 0.15) is 17.3 Å². The zero-order valence-electron chi connectivity index (χ0n) is 33.9. The van der Waals surface area contributed by atoms with Gasteiger partial charge >= 0.3 is 11.9 Å². The SMILES string of the molecule is CC[C@]1(O)C[C@@H]2CN(CCc3c([nH]c4ccccc34)[C@@](C(=O)OC)(c3cc4c(c(N)c3OC)N(C)[C@@H]3C45CCN4CC=C[C@](CC)([C@H]45)[C@@H](O)[C@]3(O)C(=O)OC)C2)C1. The number of nitrogen functional groups attached to an aromatic ring is 1. The second-order valence-electron chi connectivity index (χ2n) is 17.8. The van der Waals surface area contributed by atoms with Crippen LogP contribution in [0.2, 0.25) is 0 Å². The van der Waals surface area contributed by atoms with Crippen LogP contribution in [0.5, 0.6) is 5.75 Å². The molecular weight excluding hydrogens is 727 g/mol. The number of benzene rings is 2. The normalized spacial score (nSPS) is 38.0. The van der Waals surface area contributed by atoms with Crippen LogP contribution in [0.15, 0.2) is 42.5 Å². The van der Waals surface area contributed by atoms with Gasteiger partial charge in [0.2, 0.25) is 5.60 Å². The number of aromatic amines is 1. The molecule has 6 heterocycles. The van der Waals surface area contributed by atoms with Crippen molar-refractivity contribution in [2.75, 3.05) is 71.7 Å². The topological polar surface area (TPSA) is 174 Å². The number of methoxy groups -OCH3 is 3. The first-order valence-corrected chi connectivity index (χ1v) is 20.5. The number of nitrogens with one attached hydrogen (secondary N) is 1. The van der Waals surface area contributed by atoms with Crippen LogP contribution in [-0.4, -0.2) is 133 Å². The summed E-state index contributed by atoms with van der Waals surface area (Å²) in [6.07, 6.45) is 5.50. The van der Waals surface area contributed by atoms with Gasteiger partial charge in [-0.15, -0.1) is 0 Å². The second kappa shape index (κ2) is 12.9. The van der Waals surface area contributed by atoms with Gasteiger partial charge in [0.15, 0.2) is 0 Å². The third kappa shape index (κ3) is 4.69. The Balaban J connectivity index is 1.39. The summed E-state index contributed by atoms with van der Waals surface area (Å²) in [5.74, 6) is -1.22. The number of aliphatic hydroxyl groups excluding tert-OH is 1. The Morgan fingerprint density at radius 1 is 1.00 bits per heavy atom. The number of ether oxygens (including phenoxy) is 3. The Kier molecular flexibility index (Phi) is 8.71. The van der Waals surface area contributed by atoms with Crippen molar-refractivity contribution in [2.45, 2.75) is 92.6 Å².